The first-order valence-electron chi connectivity index (χ1n) is 4.01. The number of hydrogen-bond acceptors (Lipinski definition) is 2. The van der Waals surface area contributed by atoms with E-state index < -0.39 is 5.97 Å². The van der Waals surface area contributed by atoms with Gasteiger partial charge in [-0.25, -0.2) is 4.79 Å². The SMILES string of the molecule is C#CC(=O)OC(/C=C/CCl)C(C)C. The summed E-state index contributed by atoms with van der Waals surface area (Å²) in [6.07, 6.45) is 8.06. The lowest BCUT2D eigenvalue weighted by atomic mass is 10.1. The van der Waals surface area contributed by atoms with Crippen molar-refractivity contribution < 1.29 is 9.53 Å². The molecule has 72 valence electrons. The summed E-state index contributed by atoms with van der Waals surface area (Å²) in [5.41, 5.74) is 0. The zero-order valence-electron chi connectivity index (χ0n) is 7.79. The summed E-state index contributed by atoms with van der Waals surface area (Å²) in [4.78, 5) is 10.8. The zero-order chi connectivity index (χ0) is 10.3. The van der Waals surface area contributed by atoms with Crippen LogP contribution in [0.4, 0.5) is 0 Å². The largest absolute Gasteiger partial charge is 0.448 e. The van der Waals surface area contributed by atoms with Gasteiger partial charge >= 0.3 is 5.97 Å². The van der Waals surface area contributed by atoms with Crippen LogP contribution in [0.3, 0.4) is 0 Å². The molecule has 0 spiro atoms. The van der Waals surface area contributed by atoms with Crippen molar-refractivity contribution in [2.75, 3.05) is 5.88 Å². The lowest BCUT2D eigenvalue weighted by molar-refractivity contribution is -0.141. The Morgan fingerprint density at radius 3 is 2.69 bits per heavy atom. The molecule has 0 aromatic rings. The van der Waals surface area contributed by atoms with Gasteiger partial charge in [0.15, 0.2) is 0 Å². The summed E-state index contributed by atoms with van der Waals surface area (Å²) >= 11 is 5.45. The number of carbonyl (C=O) groups is 1. The van der Waals surface area contributed by atoms with Gasteiger partial charge in [-0.3, -0.25) is 0 Å². The summed E-state index contributed by atoms with van der Waals surface area (Å²) in [6.45, 7) is 3.88. The maximum atomic E-state index is 10.8. The number of carbonyl (C=O) groups excluding carboxylic acids is 1. The van der Waals surface area contributed by atoms with E-state index in [-0.39, 0.29) is 12.0 Å². The topological polar surface area (TPSA) is 26.3 Å². The molecule has 2 nitrogen and oxygen atoms in total. The first kappa shape index (κ1) is 12.1. The maximum absolute atomic E-state index is 10.8. The van der Waals surface area contributed by atoms with Gasteiger partial charge in [0, 0.05) is 11.8 Å². The molecule has 3 heteroatoms. The van der Waals surface area contributed by atoms with Gasteiger partial charge < -0.3 is 4.74 Å². The van der Waals surface area contributed by atoms with Crippen LogP contribution in [0, 0.1) is 18.3 Å². The van der Waals surface area contributed by atoms with Crippen LogP contribution in [-0.4, -0.2) is 18.0 Å². The van der Waals surface area contributed by atoms with E-state index in [2.05, 4.69) is 0 Å². The lowest BCUT2D eigenvalue weighted by Crippen LogP contribution is -2.20. The minimum atomic E-state index is -0.641. The second-order valence-electron chi connectivity index (χ2n) is 2.84. The van der Waals surface area contributed by atoms with Gasteiger partial charge in [0.1, 0.15) is 6.10 Å². The molecule has 0 N–H and O–H groups in total. The van der Waals surface area contributed by atoms with Gasteiger partial charge in [-0.05, 0) is 12.0 Å². The number of rotatable bonds is 4. The number of esters is 1. The van der Waals surface area contributed by atoms with Crippen LogP contribution in [-0.2, 0) is 9.53 Å². The second-order valence-corrected chi connectivity index (χ2v) is 3.15. The molecule has 1 unspecified atom stereocenters. The predicted molar refractivity (Wildman–Crippen MR) is 53.4 cm³/mol. The number of ether oxygens (including phenoxy) is 1. The van der Waals surface area contributed by atoms with Gasteiger partial charge in [0.2, 0.25) is 0 Å². The predicted octanol–water partition coefficient (Wildman–Crippen LogP) is 1.98. The van der Waals surface area contributed by atoms with Crippen LogP contribution in [0.15, 0.2) is 12.2 Å². The van der Waals surface area contributed by atoms with E-state index in [0.29, 0.717) is 5.88 Å². The van der Waals surface area contributed by atoms with E-state index >= 15 is 0 Å². The van der Waals surface area contributed by atoms with E-state index in [1.165, 1.54) is 0 Å². The highest BCUT2D eigenvalue weighted by Gasteiger charge is 2.13. The van der Waals surface area contributed by atoms with Crippen LogP contribution in [0.25, 0.3) is 0 Å². The van der Waals surface area contributed by atoms with Gasteiger partial charge in [-0.2, -0.15) is 0 Å². The van der Waals surface area contributed by atoms with Crippen molar-refractivity contribution in [2.45, 2.75) is 20.0 Å². The Hall–Kier alpha value is -0.940. The smallest absolute Gasteiger partial charge is 0.384 e. The molecule has 0 bridgehead atoms. The van der Waals surface area contributed by atoms with E-state index in [0.717, 1.165) is 0 Å². The molecule has 0 saturated carbocycles. The molecule has 0 aliphatic carbocycles. The van der Waals surface area contributed by atoms with E-state index in [1.54, 1.807) is 12.2 Å². The van der Waals surface area contributed by atoms with Crippen molar-refractivity contribution in [3.05, 3.63) is 12.2 Å². The fourth-order valence-corrected chi connectivity index (χ4v) is 0.844. The third kappa shape index (κ3) is 5.32. The molecule has 13 heavy (non-hydrogen) atoms. The van der Waals surface area contributed by atoms with Crippen molar-refractivity contribution in [3.8, 4) is 12.3 Å². The Labute approximate surface area is 83.9 Å². The molecule has 0 fully saturated rings. The summed E-state index contributed by atoms with van der Waals surface area (Å²) in [5, 5.41) is 0. The van der Waals surface area contributed by atoms with Crippen LogP contribution in [0.1, 0.15) is 13.8 Å². The minimum Gasteiger partial charge on any atom is -0.448 e. The Morgan fingerprint density at radius 1 is 1.69 bits per heavy atom. The standard InChI is InChI=1S/C10H13ClO2/c1-4-10(12)13-9(8(2)3)6-5-7-11/h1,5-6,8-9H,7H2,2-3H3/b6-5+. The summed E-state index contributed by atoms with van der Waals surface area (Å²) in [5.74, 6) is 1.85. The monoisotopic (exact) mass is 200 g/mol. The highest BCUT2D eigenvalue weighted by Crippen LogP contribution is 2.08. The van der Waals surface area contributed by atoms with E-state index in [9.17, 15) is 4.79 Å². The maximum Gasteiger partial charge on any atom is 0.384 e. The van der Waals surface area contributed by atoms with Gasteiger partial charge in [-0.1, -0.05) is 19.9 Å². The molecular formula is C10H13ClO2. The molecule has 0 aliphatic rings. The Kier molecular flexibility index (Phi) is 6.09. The third-order valence-electron chi connectivity index (χ3n) is 1.43. The molecule has 0 aliphatic heterocycles. The lowest BCUT2D eigenvalue weighted by Gasteiger charge is -2.15. The van der Waals surface area contributed by atoms with Gasteiger partial charge in [-0.15, -0.1) is 18.0 Å². The van der Waals surface area contributed by atoms with Crippen LogP contribution < -0.4 is 0 Å². The van der Waals surface area contributed by atoms with Crippen LogP contribution in [0.2, 0.25) is 0 Å². The summed E-state index contributed by atoms with van der Waals surface area (Å²) < 4.78 is 4.94. The van der Waals surface area contributed by atoms with Crippen LogP contribution in [0.5, 0.6) is 0 Å². The van der Waals surface area contributed by atoms with Crippen molar-refractivity contribution in [2.24, 2.45) is 5.92 Å². The van der Waals surface area contributed by atoms with Crippen molar-refractivity contribution in [1.29, 1.82) is 0 Å². The minimum absolute atomic E-state index is 0.191. The second kappa shape index (κ2) is 6.56. The molecule has 1 atom stereocenters. The van der Waals surface area contributed by atoms with Gasteiger partial charge in [0.05, 0.1) is 0 Å². The Morgan fingerprint density at radius 2 is 2.31 bits per heavy atom. The van der Waals surface area contributed by atoms with E-state index in [1.807, 2.05) is 19.8 Å². The van der Waals surface area contributed by atoms with Gasteiger partial charge in [0.25, 0.3) is 0 Å². The first-order chi connectivity index (χ1) is 6.11. The van der Waals surface area contributed by atoms with Crippen molar-refractivity contribution in [3.63, 3.8) is 0 Å². The third-order valence-corrected chi connectivity index (χ3v) is 1.61. The number of terminal acetylenes is 1. The molecule has 0 aromatic heterocycles. The number of halogens is 1. The molecule has 0 rings (SSSR count). The number of hydrogen-bond donors (Lipinski definition) is 0. The molecule has 0 radical (unpaired) electrons. The highest BCUT2D eigenvalue weighted by molar-refractivity contribution is 6.18. The average Bonchev–Trinajstić information content (AvgIpc) is 2.11. The number of allylic oxidation sites excluding steroid dienone is 1. The Bertz CT molecular complexity index is 226. The van der Waals surface area contributed by atoms with Crippen molar-refractivity contribution >= 4 is 17.6 Å². The Balaban J connectivity index is 4.20. The molecule has 0 aromatic carbocycles. The molecular weight excluding hydrogens is 188 g/mol. The fourth-order valence-electron chi connectivity index (χ4n) is 0.741. The van der Waals surface area contributed by atoms with Crippen LogP contribution >= 0.6 is 11.6 Å². The quantitative estimate of drug-likeness (QED) is 0.228. The molecule has 0 saturated heterocycles. The van der Waals surface area contributed by atoms with Crippen molar-refractivity contribution in [1.82, 2.24) is 0 Å². The highest BCUT2D eigenvalue weighted by atomic mass is 35.5. The average molecular weight is 201 g/mol. The summed E-state index contributed by atoms with van der Waals surface area (Å²) in [7, 11) is 0. The molecule has 0 amide bonds. The first-order valence-corrected chi connectivity index (χ1v) is 4.55. The molecule has 0 heterocycles. The normalized spacial score (nSPS) is 12.8. The summed E-state index contributed by atoms with van der Waals surface area (Å²) in [6, 6.07) is 0. The van der Waals surface area contributed by atoms with E-state index in [4.69, 9.17) is 22.8 Å². The fraction of sp³-hybridized carbons (Fsp3) is 0.500. The zero-order valence-corrected chi connectivity index (χ0v) is 8.54. The number of alkyl halides is 1.